The van der Waals surface area contributed by atoms with E-state index in [4.69, 9.17) is 5.73 Å². The maximum absolute atomic E-state index is 12.8. The number of nitrogens with two attached hydrogens (primary N) is 1. The Balaban J connectivity index is 0. The van der Waals surface area contributed by atoms with E-state index in [9.17, 15) is 9.59 Å². The smallest absolute Gasteiger partial charge is 0.256 e. The molecule has 286 valence electrons. The number of pyridine rings is 1. The molecule has 1 aliphatic carbocycles. The molecule has 1 aromatic carbocycles. The van der Waals surface area contributed by atoms with Crippen molar-refractivity contribution in [1.82, 2.24) is 20.9 Å². The average molecular weight is 705 g/mol. The van der Waals surface area contributed by atoms with E-state index < -0.39 is 0 Å². The first-order chi connectivity index (χ1) is 24.4. The fraction of sp³-hybridized carbons (Fsp3) is 0.512. The Kier molecular flexibility index (Phi) is 32.2. The van der Waals surface area contributed by atoms with Crippen LogP contribution in [0.25, 0.3) is 0 Å². The van der Waals surface area contributed by atoms with Gasteiger partial charge in [0.1, 0.15) is 5.82 Å². The molecule has 8 nitrogen and oxygen atoms in total. The summed E-state index contributed by atoms with van der Waals surface area (Å²) in [5.74, 6) is 0.800. The van der Waals surface area contributed by atoms with Crippen LogP contribution < -0.4 is 27.0 Å². The summed E-state index contributed by atoms with van der Waals surface area (Å²) in [4.78, 5) is 29.5. The van der Waals surface area contributed by atoms with E-state index in [0.717, 1.165) is 44.2 Å². The predicted molar refractivity (Wildman–Crippen MR) is 222 cm³/mol. The van der Waals surface area contributed by atoms with Crippen LogP contribution in [0.15, 0.2) is 102 Å². The monoisotopic (exact) mass is 705 g/mol. The average Bonchev–Trinajstić information content (AvgIpc) is 3.31. The normalized spacial score (nSPS) is 13.4. The Morgan fingerprint density at radius 3 is 1.92 bits per heavy atom. The first-order valence-electron chi connectivity index (χ1n) is 18.9. The number of anilines is 1. The van der Waals surface area contributed by atoms with Crippen LogP contribution in [0.5, 0.6) is 0 Å². The number of allylic oxidation sites excluding steroid dienone is 3. The topological polar surface area (TPSA) is 121 Å². The van der Waals surface area contributed by atoms with E-state index in [1.54, 1.807) is 36.5 Å². The Bertz CT molecular complexity index is 1250. The van der Waals surface area contributed by atoms with Crippen molar-refractivity contribution >= 4 is 17.6 Å². The summed E-state index contributed by atoms with van der Waals surface area (Å²) in [6.45, 7) is 29.9. The van der Waals surface area contributed by atoms with Gasteiger partial charge in [-0.05, 0) is 101 Å². The van der Waals surface area contributed by atoms with Crippen molar-refractivity contribution in [1.29, 1.82) is 0 Å². The van der Waals surface area contributed by atoms with Crippen molar-refractivity contribution in [3.05, 3.63) is 108 Å². The molecule has 0 aliphatic heterocycles. The molecular weight excluding hydrogens is 633 g/mol. The SMILES string of the molecule is C=C(C)CCC(C)C.CC1C=CC(C(=O)N[C@H](C)c2ccccc2)=CC(C(=O)Nc2ccccn2)=C1.CCC.CCN.CCNCCCNCC. The van der Waals surface area contributed by atoms with Crippen LogP contribution in [0, 0.1) is 11.8 Å². The third-order valence-corrected chi connectivity index (χ3v) is 6.77. The van der Waals surface area contributed by atoms with Gasteiger partial charge in [-0.3, -0.25) is 9.59 Å². The van der Waals surface area contributed by atoms with Gasteiger partial charge in [0.05, 0.1) is 6.04 Å². The number of aromatic nitrogens is 1. The third-order valence-electron chi connectivity index (χ3n) is 6.77. The summed E-state index contributed by atoms with van der Waals surface area (Å²) < 4.78 is 0. The first-order valence-corrected chi connectivity index (χ1v) is 18.9. The minimum absolute atomic E-state index is 0.0255. The molecule has 3 rings (SSSR count). The number of amides is 2. The second-order valence-corrected chi connectivity index (χ2v) is 12.8. The summed E-state index contributed by atoms with van der Waals surface area (Å²) >= 11 is 0. The number of carbonyl (C=O) groups excluding carboxylic acids is 2. The number of benzene rings is 1. The number of hydrogen-bond acceptors (Lipinski definition) is 6. The van der Waals surface area contributed by atoms with Gasteiger partial charge in [-0.15, -0.1) is 6.58 Å². The molecule has 0 saturated heterocycles. The van der Waals surface area contributed by atoms with Crippen LogP contribution in [-0.4, -0.2) is 49.5 Å². The van der Waals surface area contributed by atoms with Gasteiger partial charge in [-0.1, -0.05) is 122 Å². The largest absolute Gasteiger partial charge is 0.346 e. The van der Waals surface area contributed by atoms with E-state index in [1.165, 1.54) is 31.3 Å². The molecule has 2 aromatic rings. The quantitative estimate of drug-likeness (QED) is 0.0990. The second kappa shape index (κ2) is 33.3. The Labute approximate surface area is 312 Å². The Morgan fingerprint density at radius 2 is 1.45 bits per heavy atom. The molecule has 1 aliphatic rings. The lowest BCUT2D eigenvalue weighted by atomic mass is 10.1. The number of rotatable bonds is 14. The minimum Gasteiger partial charge on any atom is -0.346 e. The fourth-order valence-corrected chi connectivity index (χ4v) is 4.10. The number of hydrogen-bond donors (Lipinski definition) is 5. The van der Waals surface area contributed by atoms with Crippen LogP contribution in [-0.2, 0) is 9.59 Å². The predicted octanol–water partition coefficient (Wildman–Crippen LogP) is 8.93. The van der Waals surface area contributed by atoms with Gasteiger partial charge < -0.3 is 27.0 Å². The van der Waals surface area contributed by atoms with E-state index >= 15 is 0 Å². The highest BCUT2D eigenvalue weighted by molar-refractivity contribution is 6.08. The Hall–Kier alpha value is -3.85. The lowest BCUT2D eigenvalue weighted by Gasteiger charge is -2.15. The van der Waals surface area contributed by atoms with E-state index in [2.05, 4.69) is 81.3 Å². The fourth-order valence-electron chi connectivity index (χ4n) is 4.10. The summed E-state index contributed by atoms with van der Waals surface area (Å²) in [5.41, 5.74) is 8.04. The minimum atomic E-state index is -0.296. The highest BCUT2D eigenvalue weighted by Crippen LogP contribution is 2.19. The van der Waals surface area contributed by atoms with Gasteiger partial charge in [0, 0.05) is 17.3 Å². The molecule has 2 amide bonds. The molecule has 0 radical (unpaired) electrons. The summed E-state index contributed by atoms with van der Waals surface area (Å²) in [6, 6.07) is 14.9. The zero-order chi connectivity index (χ0) is 38.9. The summed E-state index contributed by atoms with van der Waals surface area (Å²) in [7, 11) is 0. The molecule has 6 N–H and O–H groups in total. The van der Waals surface area contributed by atoms with E-state index in [-0.39, 0.29) is 23.8 Å². The summed E-state index contributed by atoms with van der Waals surface area (Å²) in [5, 5.41) is 12.3. The second-order valence-electron chi connectivity index (χ2n) is 12.8. The first kappa shape index (κ1) is 49.3. The number of nitrogens with zero attached hydrogens (tertiary/aromatic N) is 1. The van der Waals surface area contributed by atoms with Crippen LogP contribution in [0.2, 0.25) is 0 Å². The van der Waals surface area contributed by atoms with Crippen molar-refractivity contribution in [3.63, 3.8) is 0 Å². The van der Waals surface area contributed by atoms with Crippen molar-refractivity contribution in [3.8, 4) is 0 Å². The highest BCUT2D eigenvalue weighted by Gasteiger charge is 2.18. The third kappa shape index (κ3) is 28.5. The molecule has 0 spiro atoms. The number of nitrogens with one attached hydrogen (secondary N) is 4. The maximum Gasteiger partial charge on any atom is 0.256 e. The highest BCUT2D eigenvalue weighted by atomic mass is 16.2. The van der Waals surface area contributed by atoms with Crippen molar-refractivity contribution in [2.24, 2.45) is 17.6 Å². The van der Waals surface area contributed by atoms with Crippen molar-refractivity contribution in [2.75, 3.05) is 38.0 Å². The van der Waals surface area contributed by atoms with Crippen molar-refractivity contribution in [2.45, 2.75) is 101 Å². The molecule has 1 aromatic heterocycles. The van der Waals surface area contributed by atoms with Gasteiger partial charge in [-0.25, -0.2) is 4.98 Å². The molecular formula is C43H72N6O2. The molecule has 8 heteroatoms. The molecule has 0 fully saturated rings. The molecule has 0 saturated carbocycles. The van der Waals surface area contributed by atoms with Gasteiger partial charge in [0.25, 0.3) is 11.8 Å². The lowest BCUT2D eigenvalue weighted by molar-refractivity contribution is -0.117. The Morgan fingerprint density at radius 1 is 0.882 bits per heavy atom. The van der Waals surface area contributed by atoms with Gasteiger partial charge in [0.15, 0.2) is 0 Å². The van der Waals surface area contributed by atoms with Gasteiger partial charge in [0.2, 0.25) is 0 Å². The van der Waals surface area contributed by atoms with Crippen LogP contribution in [0.3, 0.4) is 0 Å². The molecule has 0 bridgehead atoms. The standard InChI is InChI=1S/C23H23N3O2.C8H16.C7H18N2.C3H8.C2H7N/c1-16-11-12-19(22(27)25-17(2)18-8-4-3-5-9-18)15-20(14-16)23(28)26-21-10-6-7-13-24-21;1-7(2)5-6-8(3)4;1-3-8-6-5-7-9-4-2;1-3-2;1-2-3/h3-17H,1-2H3,(H,25,27)(H,24,26,28);8H,1,5-6H2,2-4H3;8-9H,3-7H2,1-2H3;3H2,1-2H3;2-3H2,1H3/t16?,17-;;;;/m1..../s1. The molecule has 1 unspecified atom stereocenters. The van der Waals surface area contributed by atoms with E-state index in [1.807, 2.05) is 63.3 Å². The number of carbonyl (C=O) groups is 2. The van der Waals surface area contributed by atoms with Crippen LogP contribution >= 0.6 is 0 Å². The van der Waals surface area contributed by atoms with E-state index in [0.29, 0.717) is 17.0 Å². The molecule has 51 heavy (non-hydrogen) atoms. The maximum atomic E-state index is 12.8. The van der Waals surface area contributed by atoms with Crippen LogP contribution in [0.1, 0.15) is 107 Å². The zero-order valence-corrected chi connectivity index (χ0v) is 33.6. The summed E-state index contributed by atoms with van der Waals surface area (Å²) in [6.07, 6.45) is 13.7. The lowest BCUT2D eigenvalue weighted by Crippen LogP contribution is -2.27. The van der Waals surface area contributed by atoms with Crippen LogP contribution in [0.4, 0.5) is 5.82 Å². The zero-order valence-electron chi connectivity index (χ0n) is 33.6. The molecule has 2 atom stereocenters. The van der Waals surface area contributed by atoms with Gasteiger partial charge >= 0.3 is 0 Å². The van der Waals surface area contributed by atoms with Gasteiger partial charge in [-0.2, -0.15) is 0 Å². The van der Waals surface area contributed by atoms with Crippen molar-refractivity contribution < 1.29 is 9.59 Å². The molecule has 1 heterocycles.